The SMILES string of the molecule is COCC(C)n1ncc2nc(Nc3cc(C)c(I)cc3C)ccc21. The van der Waals surface area contributed by atoms with Crippen molar-refractivity contribution in [2.45, 2.75) is 26.8 Å². The number of pyridine rings is 1. The fourth-order valence-electron chi connectivity index (χ4n) is 2.72. The molecule has 0 bridgehead atoms. The number of nitrogens with one attached hydrogen (secondary N) is 1. The maximum Gasteiger partial charge on any atom is 0.131 e. The standard InChI is InChI=1S/C18H21IN4O/c1-11-8-15(12(2)7-14(11)19)21-18-6-5-17-16(22-18)9-20-23(17)13(3)10-24-4/h5-9,13H,10H2,1-4H3,(H,21,22). The van der Waals surface area contributed by atoms with Gasteiger partial charge in [0.25, 0.3) is 0 Å². The summed E-state index contributed by atoms with van der Waals surface area (Å²) >= 11 is 2.36. The lowest BCUT2D eigenvalue weighted by Crippen LogP contribution is -2.12. The number of halogens is 1. The molecule has 126 valence electrons. The number of ether oxygens (including phenoxy) is 1. The molecular weight excluding hydrogens is 415 g/mol. The van der Waals surface area contributed by atoms with E-state index in [-0.39, 0.29) is 6.04 Å². The number of anilines is 2. The minimum absolute atomic E-state index is 0.175. The van der Waals surface area contributed by atoms with E-state index < -0.39 is 0 Å². The Kier molecular flexibility index (Phi) is 5.05. The maximum atomic E-state index is 5.22. The van der Waals surface area contributed by atoms with Crippen molar-refractivity contribution in [3.8, 4) is 0 Å². The Hall–Kier alpha value is -1.67. The maximum absolute atomic E-state index is 5.22. The first kappa shape index (κ1) is 17.2. The van der Waals surface area contributed by atoms with Gasteiger partial charge in [-0.15, -0.1) is 0 Å². The summed E-state index contributed by atoms with van der Waals surface area (Å²) in [5.74, 6) is 0.824. The van der Waals surface area contributed by atoms with Gasteiger partial charge in [0.1, 0.15) is 11.3 Å². The van der Waals surface area contributed by atoms with Gasteiger partial charge in [-0.05, 0) is 78.8 Å². The van der Waals surface area contributed by atoms with Crippen LogP contribution in [0.15, 0.2) is 30.5 Å². The Morgan fingerprint density at radius 3 is 2.79 bits per heavy atom. The number of rotatable bonds is 5. The normalized spacial score (nSPS) is 12.5. The minimum Gasteiger partial charge on any atom is -0.382 e. The molecule has 2 heterocycles. The molecule has 3 aromatic rings. The van der Waals surface area contributed by atoms with Crippen LogP contribution in [0.4, 0.5) is 11.5 Å². The second-order valence-electron chi connectivity index (χ2n) is 6.04. The van der Waals surface area contributed by atoms with Crippen LogP contribution in [0.25, 0.3) is 11.0 Å². The Morgan fingerprint density at radius 2 is 2.04 bits per heavy atom. The molecule has 0 saturated heterocycles. The van der Waals surface area contributed by atoms with E-state index in [0.717, 1.165) is 22.5 Å². The van der Waals surface area contributed by atoms with E-state index in [1.807, 2.05) is 10.7 Å². The molecule has 0 aliphatic carbocycles. The zero-order chi connectivity index (χ0) is 17.3. The number of hydrogen-bond donors (Lipinski definition) is 1. The zero-order valence-corrected chi connectivity index (χ0v) is 16.5. The Morgan fingerprint density at radius 1 is 1.25 bits per heavy atom. The molecule has 1 atom stereocenters. The minimum atomic E-state index is 0.175. The third-order valence-corrected chi connectivity index (χ3v) is 5.21. The fraction of sp³-hybridized carbons (Fsp3) is 0.333. The van der Waals surface area contributed by atoms with E-state index in [2.05, 4.69) is 77.0 Å². The lowest BCUT2D eigenvalue weighted by molar-refractivity contribution is 0.159. The highest BCUT2D eigenvalue weighted by atomic mass is 127. The van der Waals surface area contributed by atoms with Gasteiger partial charge in [0.15, 0.2) is 0 Å². The van der Waals surface area contributed by atoms with E-state index in [9.17, 15) is 0 Å². The van der Waals surface area contributed by atoms with E-state index >= 15 is 0 Å². The van der Waals surface area contributed by atoms with E-state index in [1.165, 1.54) is 14.7 Å². The number of nitrogens with zero attached hydrogens (tertiary/aromatic N) is 3. The smallest absolute Gasteiger partial charge is 0.131 e. The van der Waals surface area contributed by atoms with Crippen LogP contribution >= 0.6 is 22.6 Å². The quantitative estimate of drug-likeness (QED) is 0.594. The van der Waals surface area contributed by atoms with Crippen molar-refractivity contribution in [3.05, 3.63) is 45.2 Å². The molecule has 0 saturated carbocycles. The number of aryl methyl sites for hydroxylation is 2. The molecule has 2 aromatic heterocycles. The van der Waals surface area contributed by atoms with Crippen molar-refractivity contribution in [2.24, 2.45) is 0 Å². The third kappa shape index (κ3) is 3.39. The van der Waals surface area contributed by atoms with Gasteiger partial charge in [-0.25, -0.2) is 4.98 Å². The van der Waals surface area contributed by atoms with Gasteiger partial charge in [-0.2, -0.15) is 5.10 Å². The van der Waals surface area contributed by atoms with Crippen LogP contribution in [0, 0.1) is 17.4 Å². The van der Waals surface area contributed by atoms with Gasteiger partial charge >= 0.3 is 0 Å². The van der Waals surface area contributed by atoms with E-state index in [4.69, 9.17) is 4.74 Å². The average Bonchev–Trinajstić information content (AvgIpc) is 2.96. The van der Waals surface area contributed by atoms with Crippen LogP contribution in [-0.2, 0) is 4.74 Å². The molecule has 0 spiro atoms. The topological polar surface area (TPSA) is 52.0 Å². The number of methoxy groups -OCH3 is 1. The van der Waals surface area contributed by atoms with Gasteiger partial charge in [-0.3, -0.25) is 4.68 Å². The Balaban J connectivity index is 1.91. The monoisotopic (exact) mass is 436 g/mol. The zero-order valence-electron chi connectivity index (χ0n) is 14.3. The number of aromatic nitrogens is 3. The van der Waals surface area contributed by atoms with Gasteiger partial charge in [0.2, 0.25) is 0 Å². The molecule has 1 N–H and O–H groups in total. The molecule has 0 aliphatic heterocycles. The first-order valence-corrected chi connectivity index (χ1v) is 8.94. The Bertz CT molecular complexity index is 875. The highest BCUT2D eigenvalue weighted by Gasteiger charge is 2.11. The molecule has 0 aliphatic rings. The summed E-state index contributed by atoms with van der Waals surface area (Å²) in [5.41, 5.74) is 5.44. The van der Waals surface area contributed by atoms with E-state index in [0.29, 0.717) is 6.61 Å². The predicted octanol–water partition coefficient (Wildman–Crippen LogP) is 4.60. The van der Waals surface area contributed by atoms with Gasteiger partial charge in [0.05, 0.1) is 24.4 Å². The fourth-order valence-corrected chi connectivity index (χ4v) is 3.34. The summed E-state index contributed by atoms with van der Waals surface area (Å²) in [6, 6.07) is 8.56. The first-order chi connectivity index (χ1) is 11.5. The van der Waals surface area contributed by atoms with Crippen LogP contribution in [0.2, 0.25) is 0 Å². The predicted molar refractivity (Wildman–Crippen MR) is 106 cm³/mol. The molecule has 3 rings (SSSR count). The largest absolute Gasteiger partial charge is 0.382 e. The lowest BCUT2D eigenvalue weighted by Gasteiger charge is -2.13. The summed E-state index contributed by atoms with van der Waals surface area (Å²) in [4.78, 5) is 4.69. The highest BCUT2D eigenvalue weighted by molar-refractivity contribution is 14.1. The Labute approximate surface area is 155 Å². The average molecular weight is 436 g/mol. The van der Waals surface area contributed by atoms with Crippen molar-refractivity contribution in [2.75, 3.05) is 19.0 Å². The molecular formula is C18H21IN4O. The van der Waals surface area contributed by atoms with Gasteiger partial charge in [0, 0.05) is 16.4 Å². The van der Waals surface area contributed by atoms with Crippen molar-refractivity contribution >= 4 is 45.1 Å². The highest BCUT2D eigenvalue weighted by Crippen LogP contribution is 2.26. The third-order valence-electron chi connectivity index (χ3n) is 4.05. The summed E-state index contributed by atoms with van der Waals surface area (Å²) in [7, 11) is 1.70. The number of fused-ring (bicyclic) bond motifs is 1. The summed E-state index contributed by atoms with van der Waals surface area (Å²) in [6.45, 7) is 6.93. The molecule has 0 radical (unpaired) electrons. The molecule has 1 unspecified atom stereocenters. The second kappa shape index (κ2) is 7.06. The molecule has 0 amide bonds. The second-order valence-corrected chi connectivity index (χ2v) is 7.20. The first-order valence-electron chi connectivity index (χ1n) is 7.86. The lowest BCUT2D eigenvalue weighted by atomic mass is 10.1. The van der Waals surface area contributed by atoms with Gasteiger partial charge < -0.3 is 10.1 Å². The van der Waals surface area contributed by atoms with Crippen molar-refractivity contribution < 1.29 is 4.74 Å². The molecule has 1 aromatic carbocycles. The van der Waals surface area contributed by atoms with E-state index in [1.54, 1.807) is 13.3 Å². The molecule has 5 nitrogen and oxygen atoms in total. The molecule has 0 fully saturated rings. The van der Waals surface area contributed by atoms with Crippen molar-refractivity contribution in [1.29, 1.82) is 0 Å². The summed E-state index contributed by atoms with van der Waals surface area (Å²) in [5, 5.41) is 7.87. The number of hydrogen-bond acceptors (Lipinski definition) is 4. The summed E-state index contributed by atoms with van der Waals surface area (Å²) < 4.78 is 8.44. The van der Waals surface area contributed by atoms with Crippen LogP contribution in [0.3, 0.4) is 0 Å². The summed E-state index contributed by atoms with van der Waals surface area (Å²) in [6.07, 6.45) is 1.80. The van der Waals surface area contributed by atoms with Crippen molar-refractivity contribution in [1.82, 2.24) is 14.8 Å². The van der Waals surface area contributed by atoms with Crippen LogP contribution in [-0.4, -0.2) is 28.5 Å². The van der Waals surface area contributed by atoms with Crippen LogP contribution in [0.1, 0.15) is 24.1 Å². The van der Waals surface area contributed by atoms with Gasteiger partial charge in [-0.1, -0.05) is 0 Å². The molecule has 24 heavy (non-hydrogen) atoms. The van der Waals surface area contributed by atoms with Crippen LogP contribution in [0.5, 0.6) is 0 Å². The van der Waals surface area contributed by atoms with Crippen molar-refractivity contribution in [3.63, 3.8) is 0 Å². The molecule has 6 heteroatoms. The number of benzene rings is 1. The van der Waals surface area contributed by atoms with Crippen LogP contribution < -0.4 is 5.32 Å².